The molecular formula is C14H17N3O2S. The lowest BCUT2D eigenvalue weighted by molar-refractivity contribution is 0.280. The minimum atomic E-state index is -0.0364. The zero-order valence-electron chi connectivity index (χ0n) is 11.0. The molecule has 0 aliphatic carbocycles. The molecule has 1 aromatic heterocycles. The lowest BCUT2D eigenvalue weighted by atomic mass is 10.1. The molecule has 0 amide bonds. The molecule has 4 N–H and O–H groups in total. The van der Waals surface area contributed by atoms with Crippen LogP contribution in [0.2, 0.25) is 0 Å². The van der Waals surface area contributed by atoms with E-state index < -0.39 is 0 Å². The second-order valence-electron chi connectivity index (χ2n) is 4.35. The molecule has 106 valence electrons. The molecule has 2 rings (SSSR count). The van der Waals surface area contributed by atoms with Crippen molar-refractivity contribution in [1.82, 2.24) is 4.98 Å². The summed E-state index contributed by atoms with van der Waals surface area (Å²) >= 11 is 5.09. The van der Waals surface area contributed by atoms with Crippen LogP contribution in [0.1, 0.15) is 5.56 Å². The fraction of sp³-hybridized carbons (Fsp3) is 0.286. The Labute approximate surface area is 122 Å². The summed E-state index contributed by atoms with van der Waals surface area (Å²) in [5.41, 5.74) is 7.25. The highest BCUT2D eigenvalue weighted by Gasteiger charge is 2.15. The number of aromatic nitrogens is 1. The summed E-state index contributed by atoms with van der Waals surface area (Å²) in [7, 11) is 0. The van der Waals surface area contributed by atoms with Crippen LogP contribution in [-0.2, 0) is 0 Å². The Morgan fingerprint density at radius 1 is 1.20 bits per heavy atom. The topological polar surface area (TPSA) is 82.6 Å². The van der Waals surface area contributed by atoms with Crippen LogP contribution in [0.4, 0.5) is 5.82 Å². The van der Waals surface area contributed by atoms with Gasteiger partial charge in [0.1, 0.15) is 10.8 Å². The van der Waals surface area contributed by atoms with Crippen LogP contribution in [0.25, 0.3) is 10.9 Å². The maximum Gasteiger partial charge on any atom is 0.139 e. The highest BCUT2D eigenvalue weighted by molar-refractivity contribution is 7.80. The molecule has 0 saturated carbocycles. The van der Waals surface area contributed by atoms with E-state index in [9.17, 15) is 0 Å². The van der Waals surface area contributed by atoms with Crippen molar-refractivity contribution < 1.29 is 10.2 Å². The number of thiocarbonyl (C=S) groups is 1. The first kappa shape index (κ1) is 14.6. The Hall–Kier alpha value is -1.76. The van der Waals surface area contributed by atoms with E-state index in [0.717, 1.165) is 10.9 Å². The van der Waals surface area contributed by atoms with Crippen molar-refractivity contribution in [1.29, 1.82) is 0 Å². The summed E-state index contributed by atoms with van der Waals surface area (Å²) in [6, 6.07) is 9.56. The number of nitrogens with zero attached hydrogens (tertiary/aromatic N) is 2. The molecule has 0 spiro atoms. The van der Waals surface area contributed by atoms with E-state index in [1.165, 1.54) is 0 Å². The fourth-order valence-corrected chi connectivity index (χ4v) is 2.24. The van der Waals surface area contributed by atoms with E-state index in [1.807, 2.05) is 30.3 Å². The normalized spacial score (nSPS) is 10.7. The summed E-state index contributed by atoms with van der Waals surface area (Å²) in [4.78, 5) is 6.60. The number of fused-ring (bicyclic) bond motifs is 1. The number of aliphatic hydroxyl groups excluding tert-OH is 2. The van der Waals surface area contributed by atoms with Crippen LogP contribution in [-0.4, -0.2) is 46.5 Å². The number of nitrogens with two attached hydrogens (primary N) is 1. The van der Waals surface area contributed by atoms with Crippen molar-refractivity contribution in [3.05, 3.63) is 35.9 Å². The molecular weight excluding hydrogens is 274 g/mol. The van der Waals surface area contributed by atoms with Crippen molar-refractivity contribution in [2.75, 3.05) is 31.2 Å². The third-order valence-electron chi connectivity index (χ3n) is 3.01. The fourth-order valence-electron chi connectivity index (χ4n) is 2.09. The Kier molecular flexibility index (Phi) is 4.84. The third kappa shape index (κ3) is 3.04. The Morgan fingerprint density at radius 3 is 2.45 bits per heavy atom. The molecule has 0 aliphatic rings. The molecule has 5 nitrogen and oxygen atoms in total. The van der Waals surface area contributed by atoms with Crippen LogP contribution in [0, 0.1) is 0 Å². The van der Waals surface area contributed by atoms with Crippen LogP contribution in [0.15, 0.2) is 30.3 Å². The SMILES string of the molecule is NC(=S)c1cc2ccccc2nc1N(CCO)CCO. The minimum Gasteiger partial charge on any atom is -0.395 e. The van der Waals surface area contributed by atoms with Crippen LogP contribution in [0.5, 0.6) is 0 Å². The Morgan fingerprint density at radius 2 is 1.85 bits per heavy atom. The van der Waals surface area contributed by atoms with Gasteiger partial charge in [0.2, 0.25) is 0 Å². The van der Waals surface area contributed by atoms with E-state index >= 15 is 0 Å². The van der Waals surface area contributed by atoms with Crippen LogP contribution >= 0.6 is 12.2 Å². The molecule has 0 atom stereocenters. The monoisotopic (exact) mass is 291 g/mol. The Bertz CT molecular complexity index is 612. The molecule has 6 heteroatoms. The van der Waals surface area contributed by atoms with Gasteiger partial charge in [-0.2, -0.15) is 0 Å². The van der Waals surface area contributed by atoms with Crippen molar-refractivity contribution in [3.8, 4) is 0 Å². The van der Waals surface area contributed by atoms with Gasteiger partial charge in [0.15, 0.2) is 0 Å². The van der Waals surface area contributed by atoms with Crippen LogP contribution < -0.4 is 10.6 Å². The first-order valence-electron chi connectivity index (χ1n) is 6.33. The molecule has 0 radical (unpaired) electrons. The number of anilines is 1. The summed E-state index contributed by atoms with van der Waals surface area (Å²) in [6.07, 6.45) is 0. The first-order valence-corrected chi connectivity index (χ1v) is 6.74. The van der Waals surface area contributed by atoms with E-state index in [1.54, 1.807) is 4.90 Å². The van der Waals surface area contributed by atoms with Crippen LogP contribution in [0.3, 0.4) is 0 Å². The highest BCUT2D eigenvalue weighted by Crippen LogP contribution is 2.23. The molecule has 0 unspecified atom stereocenters. The zero-order valence-corrected chi connectivity index (χ0v) is 11.8. The van der Waals surface area contributed by atoms with Crippen molar-refractivity contribution in [3.63, 3.8) is 0 Å². The number of benzene rings is 1. The van der Waals surface area contributed by atoms with Gasteiger partial charge >= 0.3 is 0 Å². The van der Waals surface area contributed by atoms with Gasteiger partial charge in [-0.15, -0.1) is 0 Å². The smallest absolute Gasteiger partial charge is 0.139 e. The van der Waals surface area contributed by atoms with Gasteiger partial charge in [0.25, 0.3) is 0 Å². The predicted molar refractivity (Wildman–Crippen MR) is 84.0 cm³/mol. The van der Waals surface area contributed by atoms with Gasteiger partial charge in [-0.1, -0.05) is 30.4 Å². The van der Waals surface area contributed by atoms with Gasteiger partial charge < -0.3 is 20.8 Å². The molecule has 20 heavy (non-hydrogen) atoms. The minimum absolute atomic E-state index is 0.0364. The predicted octanol–water partition coefficient (Wildman–Crippen LogP) is 0.660. The van der Waals surface area contributed by atoms with E-state index in [4.69, 9.17) is 28.2 Å². The molecule has 0 saturated heterocycles. The molecule has 0 bridgehead atoms. The number of pyridine rings is 1. The number of hydrogen-bond acceptors (Lipinski definition) is 5. The quantitative estimate of drug-likeness (QED) is 0.678. The second-order valence-corrected chi connectivity index (χ2v) is 4.79. The van der Waals surface area contributed by atoms with Gasteiger partial charge in [0.05, 0.1) is 24.3 Å². The molecule has 0 fully saturated rings. The number of para-hydroxylation sites is 1. The van der Waals surface area contributed by atoms with E-state index in [-0.39, 0.29) is 18.2 Å². The number of rotatable bonds is 6. The van der Waals surface area contributed by atoms with Crippen molar-refractivity contribution >= 4 is 33.9 Å². The lowest BCUT2D eigenvalue weighted by Crippen LogP contribution is -2.32. The summed E-state index contributed by atoms with van der Waals surface area (Å²) in [5.74, 6) is 0.597. The zero-order chi connectivity index (χ0) is 14.5. The Balaban J connectivity index is 2.58. The average molecular weight is 291 g/mol. The average Bonchev–Trinajstić information content (AvgIpc) is 2.45. The third-order valence-corrected chi connectivity index (χ3v) is 3.23. The number of aliphatic hydroxyl groups is 2. The van der Waals surface area contributed by atoms with E-state index in [2.05, 4.69) is 4.98 Å². The number of hydrogen-bond donors (Lipinski definition) is 3. The second kappa shape index (κ2) is 6.60. The summed E-state index contributed by atoms with van der Waals surface area (Å²) in [6.45, 7) is 0.652. The van der Waals surface area contributed by atoms with Gasteiger partial charge in [-0.3, -0.25) is 0 Å². The van der Waals surface area contributed by atoms with Crippen molar-refractivity contribution in [2.24, 2.45) is 5.73 Å². The first-order chi connectivity index (χ1) is 9.67. The van der Waals surface area contributed by atoms with Gasteiger partial charge in [0, 0.05) is 18.5 Å². The maximum absolute atomic E-state index is 9.15. The van der Waals surface area contributed by atoms with E-state index in [0.29, 0.717) is 24.5 Å². The molecule has 2 aromatic rings. The summed E-state index contributed by atoms with van der Waals surface area (Å²) in [5, 5.41) is 19.3. The highest BCUT2D eigenvalue weighted by atomic mass is 32.1. The molecule has 1 heterocycles. The van der Waals surface area contributed by atoms with Gasteiger partial charge in [-0.25, -0.2) is 4.98 Å². The maximum atomic E-state index is 9.15. The van der Waals surface area contributed by atoms with Crippen molar-refractivity contribution in [2.45, 2.75) is 0 Å². The standard InChI is InChI=1S/C14H17N3O2S/c15-13(20)11-9-10-3-1-2-4-12(10)16-14(11)17(5-7-18)6-8-19/h1-4,9,18-19H,5-8H2,(H2,15,20). The molecule has 1 aromatic carbocycles. The molecule has 0 aliphatic heterocycles. The lowest BCUT2D eigenvalue weighted by Gasteiger charge is -2.24. The summed E-state index contributed by atoms with van der Waals surface area (Å²) < 4.78 is 0. The van der Waals surface area contributed by atoms with Gasteiger partial charge in [-0.05, 0) is 12.1 Å². The largest absolute Gasteiger partial charge is 0.395 e.